The number of carbonyl (C=O) groups excluding carboxylic acids is 1. The molecule has 152 valence electrons. The van der Waals surface area contributed by atoms with E-state index in [1.807, 2.05) is 0 Å². The highest BCUT2D eigenvalue weighted by Crippen LogP contribution is 2.35. The van der Waals surface area contributed by atoms with Gasteiger partial charge in [-0.15, -0.1) is 0 Å². The van der Waals surface area contributed by atoms with Gasteiger partial charge in [-0.05, 0) is 0 Å². The average molecular weight is 383 g/mol. The number of nitrogens with one attached hydrogen (secondary N) is 1. The van der Waals surface area contributed by atoms with Crippen molar-refractivity contribution in [2.45, 2.75) is 61.7 Å². The van der Waals surface area contributed by atoms with Gasteiger partial charge in [-0.1, -0.05) is 0 Å². The van der Waals surface area contributed by atoms with E-state index < -0.39 is 80.5 Å². The third-order valence-corrected chi connectivity index (χ3v) is 4.47. The molecule has 0 aromatic carbocycles. The highest BCUT2D eigenvalue weighted by Gasteiger charge is 2.58. The number of rotatable bonds is 6. The third kappa shape index (κ3) is 3.84. The minimum Gasteiger partial charge on any atom is -0.394 e. The maximum absolute atomic E-state index is 11.4. The molecule has 0 saturated carbocycles. The lowest BCUT2D eigenvalue weighted by Crippen LogP contribution is -2.67. The first-order chi connectivity index (χ1) is 12.2. The Morgan fingerprint density at radius 1 is 1.04 bits per heavy atom. The fourth-order valence-corrected chi connectivity index (χ4v) is 3.04. The molecular formula is C14H25NO11. The molecule has 1 amide bonds. The molecule has 1 unspecified atom stereocenters. The van der Waals surface area contributed by atoms with Crippen molar-refractivity contribution < 1.29 is 54.8 Å². The molecule has 2 rings (SSSR count). The summed E-state index contributed by atoms with van der Waals surface area (Å²) in [5.74, 6) is -2.82. The van der Waals surface area contributed by atoms with Crippen molar-refractivity contribution in [3.05, 3.63) is 0 Å². The summed E-state index contributed by atoms with van der Waals surface area (Å²) >= 11 is 0. The topological polar surface area (TPSA) is 198 Å². The zero-order valence-electron chi connectivity index (χ0n) is 14.0. The SMILES string of the molecule is CC(=O)N[C@H]1[C@@H](OC2(CO)O[C@H](CO)[C@@H](O)[C@@H]2O)O[C@H](CO)[C@@H](O)[C@@H]1O. The van der Waals surface area contributed by atoms with Crippen LogP contribution in [0, 0.1) is 0 Å². The summed E-state index contributed by atoms with van der Waals surface area (Å²) in [6, 6.07) is -1.34. The van der Waals surface area contributed by atoms with Crippen LogP contribution in [0.3, 0.4) is 0 Å². The molecule has 2 heterocycles. The lowest BCUT2D eigenvalue weighted by molar-refractivity contribution is -0.368. The zero-order valence-corrected chi connectivity index (χ0v) is 14.0. The van der Waals surface area contributed by atoms with E-state index in [0.717, 1.165) is 6.92 Å². The van der Waals surface area contributed by atoms with Crippen molar-refractivity contribution in [3.63, 3.8) is 0 Å². The van der Waals surface area contributed by atoms with Gasteiger partial charge in [0, 0.05) is 6.92 Å². The molecule has 2 saturated heterocycles. The smallest absolute Gasteiger partial charge is 0.224 e. The monoisotopic (exact) mass is 383 g/mol. The van der Waals surface area contributed by atoms with Crippen LogP contribution in [0.15, 0.2) is 0 Å². The van der Waals surface area contributed by atoms with Crippen molar-refractivity contribution >= 4 is 5.91 Å². The van der Waals surface area contributed by atoms with E-state index in [0.29, 0.717) is 0 Å². The van der Waals surface area contributed by atoms with E-state index in [9.17, 15) is 40.5 Å². The van der Waals surface area contributed by atoms with E-state index in [4.69, 9.17) is 14.2 Å². The fraction of sp³-hybridized carbons (Fsp3) is 0.929. The molecule has 0 bridgehead atoms. The summed E-state index contributed by atoms with van der Waals surface area (Å²) in [5.41, 5.74) is 0. The molecule has 0 aromatic heterocycles. The summed E-state index contributed by atoms with van der Waals surface area (Å²) < 4.78 is 16.0. The Kier molecular flexibility index (Phi) is 6.90. The summed E-state index contributed by atoms with van der Waals surface area (Å²) in [5, 5.41) is 70.7. The quantitative estimate of drug-likeness (QED) is 0.218. The minimum atomic E-state index is -2.23. The number of hydrogen-bond acceptors (Lipinski definition) is 11. The van der Waals surface area contributed by atoms with Gasteiger partial charge in [0.2, 0.25) is 11.7 Å². The van der Waals surface area contributed by atoms with Crippen LogP contribution in [0.5, 0.6) is 0 Å². The van der Waals surface area contributed by atoms with Gasteiger partial charge in [0.1, 0.15) is 49.3 Å². The zero-order chi connectivity index (χ0) is 19.6. The molecular weight excluding hydrogens is 358 g/mol. The van der Waals surface area contributed by atoms with Gasteiger partial charge in [0.25, 0.3) is 0 Å². The van der Waals surface area contributed by atoms with Gasteiger partial charge < -0.3 is 55.3 Å². The second-order valence-corrected chi connectivity index (χ2v) is 6.30. The van der Waals surface area contributed by atoms with Gasteiger partial charge in [-0.25, -0.2) is 0 Å². The first-order valence-corrected chi connectivity index (χ1v) is 8.03. The molecule has 2 aliphatic rings. The van der Waals surface area contributed by atoms with Crippen LogP contribution < -0.4 is 5.32 Å². The standard InChI is InChI=1S/C14H25NO11/c1-5(19)15-8-11(22)9(20)6(2-16)24-13(8)26-14(4-18)12(23)10(21)7(3-17)25-14/h6-13,16-18,20-23H,2-4H2,1H3,(H,15,19)/t6-,7-,8-,9-,10-,11-,12+,13-,14?/m1/s1. The third-order valence-electron chi connectivity index (χ3n) is 4.47. The summed E-state index contributed by atoms with van der Waals surface area (Å²) in [6.45, 7) is -1.19. The lowest BCUT2D eigenvalue weighted by atomic mass is 9.96. The first-order valence-electron chi connectivity index (χ1n) is 8.03. The Hall–Kier alpha value is -0.930. The van der Waals surface area contributed by atoms with E-state index >= 15 is 0 Å². The van der Waals surface area contributed by atoms with Crippen LogP contribution in [0.2, 0.25) is 0 Å². The molecule has 8 N–H and O–H groups in total. The van der Waals surface area contributed by atoms with E-state index in [1.54, 1.807) is 0 Å². The van der Waals surface area contributed by atoms with Crippen LogP contribution in [-0.4, -0.2) is 116 Å². The molecule has 0 radical (unpaired) electrons. The van der Waals surface area contributed by atoms with Crippen molar-refractivity contribution in [3.8, 4) is 0 Å². The van der Waals surface area contributed by atoms with Gasteiger partial charge in [0.15, 0.2) is 6.29 Å². The van der Waals surface area contributed by atoms with E-state index in [1.165, 1.54) is 0 Å². The minimum absolute atomic E-state index is 0.597. The Morgan fingerprint density at radius 3 is 2.12 bits per heavy atom. The number of aliphatic hydroxyl groups is 7. The van der Waals surface area contributed by atoms with E-state index in [2.05, 4.69) is 5.32 Å². The van der Waals surface area contributed by atoms with Crippen LogP contribution in [0.25, 0.3) is 0 Å². The average Bonchev–Trinajstić information content (AvgIpc) is 2.86. The van der Waals surface area contributed by atoms with Crippen molar-refractivity contribution in [2.24, 2.45) is 0 Å². The maximum atomic E-state index is 11.4. The fourth-order valence-electron chi connectivity index (χ4n) is 3.04. The Labute approximate surface area is 148 Å². The van der Waals surface area contributed by atoms with Crippen LogP contribution >= 0.6 is 0 Å². The largest absolute Gasteiger partial charge is 0.394 e. The van der Waals surface area contributed by atoms with Crippen LogP contribution in [0.4, 0.5) is 0 Å². The van der Waals surface area contributed by atoms with Gasteiger partial charge in [-0.2, -0.15) is 0 Å². The second kappa shape index (κ2) is 8.39. The summed E-state index contributed by atoms with van der Waals surface area (Å²) in [7, 11) is 0. The Bertz CT molecular complexity index is 494. The molecule has 0 aromatic rings. The molecule has 9 atom stereocenters. The van der Waals surface area contributed by atoms with Crippen molar-refractivity contribution in [1.29, 1.82) is 0 Å². The predicted molar refractivity (Wildman–Crippen MR) is 80.2 cm³/mol. The van der Waals surface area contributed by atoms with Crippen LogP contribution in [0.1, 0.15) is 6.92 Å². The Morgan fingerprint density at radius 2 is 1.65 bits per heavy atom. The highest BCUT2D eigenvalue weighted by molar-refractivity contribution is 5.73. The molecule has 12 heteroatoms. The van der Waals surface area contributed by atoms with Crippen molar-refractivity contribution in [2.75, 3.05) is 19.8 Å². The number of aliphatic hydroxyl groups excluding tert-OH is 7. The molecule has 12 nitrogen and oxygen atoms in total. The van der Waals surface area contributed by atoms with E-state index in [-0.39, 0.29) is 0 Å². The summed E-state index contributed by atoms with van der Waals surface area (Å²) in [6.07, 6.45) is -10.6. The van der Waals surface area contributed by atoms with Gasteiger partial charge in [-0.3, -0.25) is 4.79 Å². The normalized spacial score (nSPS) is 46.3. The molecule has 26 heavy (non-hydrogen) atoms. The van der Waals surface area contributed by atoms with Gasteiger partial charge >= 0.3 is 0 Å². The molecule has 0 spiro atoms. The number of ether oxygens (including phenoxy) is 3. The van der Waals surface area contributed by atoms with Gasteiger partial charge in [0.05, 0.1) is 13.2 Å². The lowest BCUT2D eigenvalue weighted by Gasteiger charge is -2.45. The first kappa shape index (κ1) is 21.4. The molecule has 2 fully saturated rings. The number of carbonyl (C=O) groups is 1. The predicted octanol–water partition coefficient (Wildman–Crippen LogP) is -5.25. The Balaban J connectivity index is 2.28. The molecule has 2 aliphatic heterocycles. The highest BCUT2D eigenvalue weighted by atomic mass is 16.8. The molecule has 0 aliphatic carbocycles. The van der Waals surface area contributed by atoms with Crippen LogP contribution in [-0.2, 0) is 19.0 Å². The second-order valence-electron chi connectivity index (χ2n) is 6.30. The van der Waals surface area contributed by atoms with Crippen molar-refractivity contribution in [1.82, 2.24) is 5.32 Å². The number of hydrogen-bond donors (Lipinski definition) is 8. The number of amides is 1. The maximum Gasteiger partial charge on any atom is 0.224 e. The summed E-state index contributed by atoms with van der Waals surface area (Å²) in [4.78, 5) is 11.4.